The van der Waals surface area contributed by atoms with E-state index in [1.807, 2.05) is 29.8 Å². The van der Waals surface area contributed by atoms with Crippen LogP contribution < -0.4 is 5.32 Å². The minimum Gasteiger partial charge on any atom is -0.508 e. The van der Waals surface area contributed by atoms with E-state index in [2.05, 4.69) is 29.4 Å². The smallest absolute Gasteiger partial charge is 0.208 e. The molecule has 4 nitrogen and oxygen atoms in total. The summed E-state index contributed by atoms with van der Waals surface area (Å²) in [5.41, 5.74) is 3.97. The standard InChI is InChI=1S/C15H15N3O/c1-10-3-5-11(6-4-10)16-15-17-13-9-12(19)7-8-14(13)18(15)2/h3-9,19H,1-2H3,(H,16,17). The van der Waals surface area contributed by atoms with Gasteiger partial charge < -0.3 is 15.0 Å². The molecule has 0 amide bonds. The molecule has 2 N–H and O–H groups in total. The lowest BCUT2D eigenvalue weighted by atomic mass is 10.2. The molecule has 0 spiro atoms. The maximum Gasteiger partial charge on any atom is 0.208 e. The van der Waals surface area contributed by atoms with Gasteiger partial charge in [0.1, 0.15) is 5.75 Å². The van der Waals surface area contributed by atoms with E-state index in [0.29, 0.717) is 0 Å². The molecule has 0 aliphatic carbocycles. The predicted molar refractivity (Wildman–Crippen MR) is 76.8 cm³/mol. The van der Waals surface area contributed by atoms with Crippen molar-refractivity contribution in [3.8, 4) is 5.75 Å². The molecule has 1 heterocycles. The highest BCUT2D eigenvalue weighted by molar-refractivity contribution is 5.80. The van der Waals surface area contributed by atoms with Gasteiger partial charge in [0, 0.05) is 18.8 Å². The molecule has 1 aromatic heterocycles. The number of nitrogens with one attached hydrogen (secondary N) is 1. The summed E-state index contributed by atoms with van der Waals surface area (Å²) in [4.78, 5) is 4.48. The van der Waals surface area contributed by atoms with Gasteiger partial charge in [0.25, 0.3) is 0 Å². The van der Waals surface area contributed by atoms with Crippen molar-refractivity contribution in [2.45, 2.75) is 6.92 Å². The van der Waals surface area contributed by atoms with Crippen LogP contribution in [0.4, 0.5) is 11.6 Å². The average Bonchev–Trinajstić information content (AvgIpc) is 2.68. The van der Waals surface area contributed by atoms with E-state index in [4.69, 9.17) is 0 Å². The Balaban J connectivity index is 2.01. The molecule has 0 atom stereocenters. The first kappa shape index (κ1) is 11.6. The van der Waals surface area contributed by atoms with E-state index in [1.54, 1.807) is 12.1 Å². The van der Waals surface area contributed by atoms with Gasteiger partial charge >= 0.3 is 0 Å². The number of phenols is 1. The number of rotatable bonds is 2. The summed E-state index contributed by atoms with van der Waals surface area (Å²) in [5.74, 6) is 0.983. The largest absolute Gasteiger partial charge is 0.508 e. The molecule has 3 rings (SSSR count). The van der Waals surface area contributed by atoms with Crippen LogP contribution in [0, 0.1) is 6.92 Å². The van der Waals surface area contributed by atoms with Crippen LogP contribution in [0.2, 0.25) is 0 Å². The van der Waals surface area contributed by atoms with Crippen molar-refractivity contribution in [1.29, 1.82) is 0 Å². The number of fused-ring (bicyclic) bond motifs is 1. The van der Waals surface area contributed by atoms with Gasteiger partial charge in [0.15, 0.2) is 0 Å². The maximum absolute atomic E-state index is 9.48. The summed E-state index contributed by atoms with van der Waals surface area (Å²) in [7, 11) is 1.95. The van der Waals surface area contributed by atoms with Crippen molar-refractivity contribution < 1.29 is 5.11 Å². The van der Waals surface area contributed by atoms with Crippen LogP contribution in [-0.2, 0) is 7.05 Å². The van der Waals surface area contributed by atoms with Crippen molar-refractivity contribution in [2.24, 2.45) is 7.05 Å². The molecule has 19 heavy (non-hydrogen) atoms. The van der Waals surface area contributed by atoms with E-state index in [9.17, 15) is 5.11 Å². The van der Waals surface area contributed by atoms with Gasteiger partial charge in [-0.25, -0.2) is 4.98 Å². The number of nitrogens with zero attached hydrogens (tertiary/aromatic N) is 2. The molecule has 0 aliphatic rings. The predicted octanol–water partition coefficient (Wildman–Crippen LogP) is 3.33. The Morgan fingerprint density at radius 1 is 1.11 bits per heavy atom. The molecule has 2 aromatic carbocycles. The quantitative estimate of drug-likeness (QED) is 0.736. The molecule has 0 saturated carbocycles. The highest BCUT2D eigenvalue weighted by Gasteiger charge is 2.08. The second-order valence-corrected chi connectivity index (χ2v) is 4.66. The third-order valence-corrected chi connectivity index (χ3v) is 3.17. The Hall–Kier alpha value is -2.49. The van der Waals surface area contributed by atoms with Crippen molar-refractivity contribution >= 4 is 22.7 Å². The number of hydrogen-bond donors (Lipinski definition) is 2. The zero-order valence-electron chi connectivity index (χ0n) is 10.9. The monoisotopic (exact) mass is 253 g/mol. The first-order valence-electron chi connectivity index (χ1n) is 6.12. The number of anilines is 2. The van der Waals surface area contributed by atoms with Crippen molar-refractivity contribution in [2.75, 3.05) is 5.32 Å². The molecule has 0 fully saturated rings. The number of imidazole rings is 1. The molecule has 96 valence electrons. The minimum atomic E-state index is 0.229. The molecule has 0 unspecified atom stereocenters. The van der Waals surface area contributed by atoms with Crippen LogP contribution in [0.25, 0.3) is 11.0 Å². The molecule has 0 saturated heterocycles. The van der Waals surface area contributed by atoms with Crippen molar-refractivity contribution in [3.63, 3.8) is 0 Å². The Kier molecular flexibility index (Phi) is 2.63. The number of hydrogen-bond acceptors (Lipinski definition) is 3. The Bertz CT molecular complexity index is 729. The SMILES string of the molecule is Cc1ccc(Nc2nc3cc(O)ccc3n2C)cc1. The lowest BCUT2D eigenvalue weighted by molar-refractivity contribution is 0.476. The highest BCUT2D eigenvalue weighted by Crippen LogP contribution is 2.24. The van der Waals surface area contributed by atoms with Crippen LogP contribution in [0.1, 0.15) is 5.56 Å². The van der Waals surface area contributed by atoms with Crippen LogP contribution >= 0.6 is 0 Å². The van der Waals surface area contributed by atoms with Gasteiger partial charge in [0.2, 0.25) is 5.95 Å². The summed E-state index contributed by atoms with van der Waals surface area (Å²) >= 11 is 0. The number of aromatic nitrogens is 2. The number of aromatic hydroxyl groups is 1. The van der Waals surface area contributed by atoms with Crippen LogP contribution in [0.5, 0.6) is 5.75 Å². The Morgan fingerprint density at radius 2 is 1.84 bits per heavy atom. The molecule has 0 bridgehead atoms. The fourth-order valence-electron chi connectivity index (χ4n) is 2.07. The van der Waals surface area contributed by atoms with E-state index in [1.165, 1.54) is 5.56 Å². The number of phenolic OH excluding ortho intramolecular Hbond substituents is 1. The molecule has 4 heteroatoms. The zero-order valence-corrected chi connectivity index (χ0v) is 10.9. The van der Waals surface area contributed by atoms with E-state index in [0.717, 1.165) is 22.7 Å². The van der Waals surface area contributed by atoms with E-state index < -0.39 is 0 Å². The summed E-state index contributed by atoms with van der Waals surface area (Å²) in [6, 6.07) is 13.3. The fraction of sp³-hybridized carbons (Fsp3) is 0.133. The van der Waals surface area contributed by atoms with Crippen LogP contribution in [0.15, 0.2) is 42.5 Å². The summed E-state index contributed by atoms with van der Waals surface area (Å²) < 4.78 is 1.97. The van der Waals surface area contributed by atoms with Gasteiger partial charge in [-0.1, -0.05) is 17.7 Å². The molecular formula is C15H15N3O. The topological polar surface area (TPSA) is 50.1 Å². The van der Waals surface area contributed by atoms with Gasteiger partial charge in [0.05, 0.1) is 11.0 Å². The fourth-order valence-corrected chi connectivity index (χ4v) is 2.07. The Morgan fingerprint density at radius 3 is 2.58 bits per heavy atom. The van der Waals surface area contributed by atoms with E-state index >= 15 is 0 Å². The van der Waals surface area contributed by atoms with Gasteiger partial charge in [-0.05, 0) is 31.2 Å². The summed E-state index contributed by atoms with van der Waals surface area (Å²) in [6.07, 6.45) is 0. The third kappa shape index (κ3) is 2.12. The van der Waals surface area contributed by atoms with Crippen molar-refractivity contribution in [1.82, 2.24) is 9.55 Å². The molecule has 0 radical (unpaired) electrons. The van der Waals surface area contributed by atoms with E-state index in [-0.39, 0.29) is 5.75 Å². The van der Waals surface area contributed by atoms with Crippen LogP contribution in [0.3, 0.4) is 0 Å². The number of benzene rings is 2. The summed E-state index contributed by atoms with van der Waals surface area (Å²) in [6.45, 7) is 2.06. The highest BCUT2D eigenvalue weighted by atomic mass is 16.3. The average molecular weight is 253 g/mol. The Labute approximate surface area is 111 Å². The maximum atomic E-state index is 9.48. The second kappa shape index (κ2) is 4.31. The van der Waals surface area contributed by atoms with Crippen LogP contribution in [-0.4, -0.2) is 14.7 Å². The zero-order chi connectivity index (χ0) is 13.4. The molecule has 0 aliphatic heterocycles. The normalized spacial score (nSPS) is 10.8. The molecular weight excluding hydrogens is 238 g/mol. The first-order valence-corrected chi connectivity index (χ1v) is 6.12. The lowest BCUT2D eigenvalue weighted by Crippen LogP contribution is -1.98. The second-order valence-electron chi connectivity index (χ2n) is 4.66. The van der Waals surface area contributed by atoms with Gasteiger partial charge in [-0.3, -0.25) is 0 Å². The lowest BCUT2D eigenvalue weighted by Gasteiger charge is -2.06. The van der Waals surface area contributed by atoms with Gasteiger partial charge in [-0.2, -0.15) is 0 Å². The van der Waals surface area contributed by atoms with Gasteiger partial charge in [-0.15, -0.1) is 0 Å². The molecule has 3 aromatic rings. The number of aryl methyl sites for hydroxylation is 2. The third-order valence-electron chi connectivity index (χ3n) is 3.17. The first-order chi connectivity index (χ1) is 9.13. The minimum absolute atomic E-state index is 0.229. The van der Waals surface area contributed by atoms with Crippen molar-refractivity contribution in [3.05, 3.63) is 48.0 Å². The summed E-state index contributed by atoms with van der Waals surface area (Å²) in [5, 5.41) is 12.8.